The number of fused-ring (bicyclic) bond motifs is 1. The summed E-state index contributed by atoms with van der Waals surface area (Å²) in [6.07, 6.45) is 2.55. The van der Waals surface area contributed by atoms with Crippen molar-refractivity contribution in [3.05, 3.63) is 132 Å². The Kier molecular flexibility index (Phi) is 8.27. The summed E-state index contributed by atoms with van der Waals surface area (Å²) in [4.78, 5) is 13.3. The molecule has 5 heteroatoms. The SMILES string of the molecule is CCOc1ccc([C@H](CC(=O)NCc2ccccc2)c2cn(Cc3ccc(OC)cc3)c3ccccc23)cc1. The number of carbonyl (C=O) groups excluding carboxylic acids is 1. The third-order valence-electron chi connectivity index (χ3n) is 7.02. The summed E-state index contributed by atoms with van der Waals surface area (Å²) in [5.74, 6) is 1.58. The molecule has 0 aliphatic carbocycles. The van der Waals surface area contributed by atoms with Gasteiger partial charge in [-0.2, -0.15) is 0 Å². The molecule has 198 valence electrons. The van der Waals surface area contributed by atoms with Crippen LogP contribution in [0.2, 0.25) is 0 Å². The molecule has 0 bridgehead atoms. The van der Waals surface area contributed by atoms with Crippen molar-refractivity contribution in [2.45, 2.75) is 32.4 Å². The minimum atomic E-state index is -0.113. The van der Waals surface area contributed by atoms with Gasteiger partial charge in [0.25, 0.3) is 0 Å². The van der Waals surface area contributed by atoms with E-state index in [0.717, 1.165) is 45.6 Å². The molecule has 1 atom stereocenters. The molecule has 5 aromatic rings. The molecule has 0 saturated carbocycles. The average molecular weight is 519 g/mol. The first-order valence-corrected chi connectivity index (χ1v) is 13.4. The van der Waals surface area contributed by atoms with Gasteiger partial charge in [-0.3, -0.25) is 4.79 Å². The van der Waals surface area contributed by atoms with Crippen LogP contribution in [-0.2, 0) is 17.9 Å². The fraction of sp³-hybridized carbons (Fsp3) is 0.206. The quantitative estimate of drug-likeness (QED) is 0.206. The van der Waals surface area contributed by atoms with Crippen LogP contribution in [0.4, 0.5) is 0 Å². The van der Waals surface area contributed by atoms with Gasteiger partial charge in [0, 0.05) is 42.5 Å². The number of para-hydroxylation sites is 1. The predicted octanol–water partition coefficient (Wildman–Crippen LogP) is 6.94. The van der Waals surface area contributed by atoms with Crippen LogP contribution in [0.25, 0.3) is 10.9 Å². The number of ether oxygens (including phenoxy) is 2. The molecule has 5 rings (SSSR count). The van der Waals surface area contributed by atoms with E-state index in [0.29, 0.717) is 19.6 Å². The van der Waals surface area contributed by atoms with E-state index in [1.807, 2.05) is 61.5 Å². The molecule has 4 aromatic carbocycles. The van der Waals surface area contributed by atoms with E-state index < -0.39 is 0 Å². The summed E-state index contributed by atoms with van der Waals surface area (Å²) in [5.41, 5.74) is 5.63. The highest BCUT2D eigenvalue weighted by Gasteiger charge is 2.23. The van der Waals surface area contributed by atoms with Crippen molar-refractivity contribution in [2.75, 3.05) is 13.7 Å². The Morgan fingerprint density at radius 2 is 1.51 bits per heavy atom. The lowest BCUT2D eigenvalue weighted by atomic mass is 9.88. The lowest BCUT2D eigenvalue weighted by Crippen LogP contribution is -2.25. The molecule has 0 radical (unpaired) electrons. The van der Waals surface area contributed by atoms with Crippen LogP contribution >= 0.6 is 0 Å². The highest BCUT2D eigenvalue weighted by Crippen LogP contribution is 2.36. The molecule has 0 aliphatic rings. The number of carbonyl (C=O) groups is 1. The Hall–Kier alpha value is -4.51. The molecular formula is C34H34N2O3. The van der Waals surface area contributed by atoms with Crippen LogP contribution in [0.15, 0.2) is 109 Å². The smallest absolute Gasteiger partial charge is 0.221 e. The van der Waals surface area contributed by atoms with Gasteiger partial charge in [0.1, 0.15) is 11.5 Å². The zero-order valence-corrected chi connectivity index (χ0v) is 22.5. The van der Waals surface area contributed by atoms with Gasteiger partial charge in [0.2, 0.25) is 5.91 Å². The van der Waals surface area contributed by atoms with Crippen molar-refractivity contribution in [2.24, 2.45) is 0 Å². The van der Waals surface area contributed by atoms with Crippen molar-refractivity contribution in [1.29, 1.82) is 0 Å². The molecule has 1 N–H and O–H groups in total. The largest absolute Gasteiger partial charge is 0.497 e. The molecule has 0 fully saturated rings. The maximum Gasteiger partial charge on any atom is 0.221 e. The van der Waals surface area contributed by atoms with E-state index in [-0.39, 0.29) is 11.8 Å². The summed E-state index contributed by atoms with van der Waals surface area (Å²) >= 11 is 0. The summed E-state index contributed by atoms with van der Waals surface area (Å²) < 4.78 is 13.3. The number of benzene rings is 4. The van der Waals surface area contributed by atoms with Crippen molar-refractivity contribution in [1.82, 2.24) is 9.88 Å². The first kappa shape index (κ1) is 26.1. The second-order valence-electron chi connectivity index (χ2n) is 9.60. The average Bonchev–Trinajstić information content (AvgIpc) is 3.34. The number of amides is 1. The van der Waals surface area contributed by atoms with Gasteiger partial charge in [-0.15, -0.1) is 0 Å². The number of methoxy groups -OCH3 is 1. The molecule has 0 spiro atoms. The van der Waals surface area contributed by atoms with Crippen LogP contribution in [0.5, 0.6) is 11.5 Å². The first-order chi connectivity index (χ1) is 19.1. The topological polar surface area (TPSA) is 52.5 Å². The van der Waals surface area contributed by atoms with E-state index in [4.69, 9.17) is 9.47 Å². The Morgan fingerprint density at radius 3 is 2.23 bits per heavy atom. The van der Waals surface area contributed by atoms with Crippen molar-refractivity contribution < 1.29 is 14.3 Å². The summed E-state index contributed by atoms with van der Waals surface area (Å²) in [6.45, 7) is 3.82. The van der Waals surface area contributed by atoms with Gasteiger partial charge < -0.3 is 19.4 Å². The lowest BCUT2D eigenvalue weighted by molar-refractivity contribution is -0.121. The molecule has 1 heterocycles. The number of nitrogens with one attached hydrogen (secondary N) is 1. The monoisotopic (exact) mass is 518 g/mol. The van der Waals surface area contributed by atoms with Gasteiger partial charge in [0.15, 0.2) is 0 Å². The van der Waals surface area contributed by atoms with Crippen LogP contribution in [0.3, 0.4) is 0 Å². The van der Waals surface area contributed by atoms with E-state index >= 15 is 0 Å². The van der Waals surface area contributed by atoms with Gasteiger partial charge in [-0.1, -0.05) is 72.8 Å². The molecule has 5 nitrogen and oxygen atoms in total. The predicted molar refractivity (Wildman–Crippen MR) is 156 cm³/mol. The van der Waals surface area contributed by atoms with E-state index in [2.05, 4.69) is 64.6 Å². The molecule has 1 amide bonds. The number of rotatable bonds is 11. The summed E-state index contributed by atoms with van der Waals surface area (Å²) in [6, 6.07) is 34.7. The Balaban J connectivity index is 1.48. The third-order valence-corrected chi connectivity index (χ3v) is 7.02. The van der Waals surface area contributed by atoms with Crippen molar-refractivity contribution >= 4 is 16.8 Å². The van der Waals surface area contributed by atoms with Gasteiger partial charge in [-0.05, 0) is 59.5 Å². The summed E-state index contributed by atoms with van der Waals surface area (Å²) in [7, 11) is 1.68. The normalized spacial score (nSPS) is 11.7. The molecule has 0 saturated heterocycles. The fourth-order valence-corrected chi connectivity index (χ4v) is 5.04. The maximum atomic E-state index is 13.3. The number of nitrogens with zero attached hydrogens (tertiary/aromatic N) is 1. The fourth-order valence-electron chi connectivity index (χ4n) is 5.04. The first-order valence-electron chi connectivity index (χ1n) is 13.4. The standard InChI is InChI=1S/C34H34N2O3/c1-3-39-29-19-15-27(16-20-29)31(21-34(37)35-22-25-9-5-4-6-10-25)32-24-36(33-12-8-7-11-30(32)33)23-26-13-17-28(38-2)18-14-26/h4-20,24,31H,3,21-23H2,1-2H3,(H,35,37)/t31-/m0/s1. The van der Waals surface area contributed by atoms with Gasteiger partial charge in [0.05, 0.1) is 13.7 Å². The van der Waals surface area contributed by atoms with Crippen LogP contribution in [0.1, 0.15) is 41.5 Å². The molecule has 1 aromatic heterocycles. The zero-order valence-electron chi connectivity index (χ0n) is 22.5. The van der Waals surface area contributed by atoms with Gasteiger partial charge in [-0.25, -0.2) is 0 Å². The van der Waals surface area contributed by atoms with E-state index in [1.54, 1.807) is 7.11 Å². The lowest BCUT2D eigenvalue weighted by Gasteiger charge is -2.18. The van der Waals surface area contributed by atoms with Crippen molar-refractivity contribution in [3.63, 3.8) is 0 Å². The van der Waals surface area contributed by atoms with Gasteiger partial charge >= 0.3 is 0 Å². The second kappa shape index (κ2) is 12.4. The van der Waals surface area contributed by atoms with Crippen LogP contribution in [-0.4, -0.2) is 24.2 Å². The Morgan fingerprint density at radius 1 is 0.821 bits per heavy atom. The number of hydrogen-bond donors (Lipinski definition) is 1. The van der Waals surface area contributed by atoms with E-state index in [1.165, 1.54) is 5.56 Å². The van der Waals surface area contributed by atoms with Crippen LogP contribution < -0.4 is 14.8 Å². The molecular weight excluding hydrogens is 484 g/mol. The van der Waals surface area contributed by atoms with E-state index in [9.17, 15) is 4.79 Å². The molecule has 0 aliphatic heterocycles. The molecule has 0 unspecified atom stereocenters. The minimum Gasteiger partial charge on any atom is -0.497 e. The Labute approximate surface area is 230 Å². The maximum absolute atomic E-state index is 13.3. The van der Waals surface area contributed by atoms with Crippen LogP contribution in [0, 0.1) is 0 Å². The minimum absolute atomic E-state index is 0.0183. The number of hydrogen-bond acceptors (Lipinski definition) is 3. The summed E-state index contributed by atoms with van der Waals surface area (Å²) in [5, 5.41) is 4.28. The molecule has 39 heavy (non-hydrogen) atoms. The zero-order chi connectivity index (χ0) is 27.0. The Bertz CT molecular complexity index is 1510. The number of aromatic nitrogens is 1. The second-order valence-corrected chi connectivity index (χ2v) is 9.60. The highest BCUT2D eigenvalue weighted by atomic mass is 16.5. The third kappa shape index (κ3) is 6.32. The van der Waals surface area contributed by atoms with Crippen molar-refractivity contribution in [3.8, 4) is 11.5 Å². The highest BCUT2D eigenvalue weighted by molar-refractivity contribution is 5.87.